The second kappa shape index (κ2) is 9.02. The van der Waals surface area contributed by atoms with E-state index in [1.54, 1.807) is 24.3 Å². The van der Waals surface area contributed by atoms with Crippen LogP contribution in [-0.4, -0.2) is 40.7 Å². The Morgan fingerprint density at radius 3 is 2.79 bits per heavy atom. The third kappa shape index (κ3) is 4.66. The molecule has 0 atom stereocenters. The second-order valence-corrected chi connectivity index (χ2v) is 8.25. The van der Waals surface area contributed by atoms with Crippen LogP contribution in [0.2, 0.25) is 5.02 Å². The summed E-state index contributed by atoms with van der Waals surface area (Å²) in [5.74, 6) is -0.754. The number of hydrogen-bond donors (Lipinski definition) is 1. The average molecular weight is 496 g/mol. The largest absolute Gasteiger partial charge is 0.495 e. The van der Waals surface area contributed by atoms with E-state index in [2.05, 4.69) is 20.9 Å². The fourth-order valence-corrected chi connectivity index (χ4v) is 4.70. The Morgan fingerprint density at radius 1 is 1.38 bits per heavy atom. The van der Waals surface area contributed by atoms with Crippen molar-refractivity contribution < 1.29 is 19.4 Å². The number of likely N-dealkylation sites (N-methyl/N-ethyl adjacent to an activating group) is 1. The topological polar surface area (TPSA) is 79.2 Å². The number of nitrogens with zero attached hydrogens (tertiary/aromatic N) is 2. The van der Waals surface area contributed by atoms with Crippen molar-refractivity contribution in [3.8, 4) is 5.75 Å². The molecule has 2 aromatic carbocycles. The number of methoxy groups -OCH3 is 1. The van der Waals surface area contributed by atoms with Crippen LogP contribution in [0.4, 0.5) is 5.69 Å². The molecule has 0 aliphatic carbocycles. The van der Waals surface area contributed by atoms with Crippen molar-refractivity contribution in [1.82, 2.24) is 4.90 Å². The molecule has 1 N–H and O–H groups in total. The molecule has 1 saturated heterocycles. The maximum atomic E-state index is 12.9. The van der Waals surface area contributed by atoms with Gasteiger partial charge >= 0.3 is 5.97 Å². The van der Waals surface area contributed by atoms with Crippen molar-refractivity contribution in [3.05, 3.63) is 61.9 Å². The van der Waals surface area contributed by atoms with Crippen LogP contribution in [0.5, 0.6) is 5.75 Å². The van der Waals surface area contributed by atoms with Gasteiger partial charge in [-0.2, -0.15) is 0 Å². The third-order valence-electron chi connectivity index (χ3n) is 4.05. The van der Waals surface area contributed by atoms with Crippen LogP contribution in [0.3, 0.4) is 0 Å². The fourth-order valence-electron chi connectivity index (χ4n) is 2.73. The van der Waals surface area contributed by atoms with E-state index < -0.39 is 5.97 Å². The third-order valence-corrected chi connectivity index (χ3v) is 5.80. The predicted molar refractivity (Wildman–Crippen MR) is 119 cm³/mol. The Kier molecular flexibility index (Phi) is 6.66. The van der Waals surface area contributed by atoms with Crippen LogP contribution in [0, 0.1) is 0 Å². The van der Waals surface area contributed by atoms with Gasteiger partial charge in [-0.25, -0.2) is 9.79 Å². The number of aliphatic imine (C=N–C) groups is 1. The number of hydrogen-bond acceptors (Lipinski definition) is 5. The average Bonchev–Trinajstić information content (AvgIpc) is 2.96. The first kappa shape index (κ1) is 21.4. The number of carbonyl (C=O) groups is 2. The van der Waals surface area contributed by atoms with Crippen molar-refractivity contribution >= 4 is 68.1 Å². The first-order chi connectivity index (χ1) is 13.8. The number of amidine groups is 1. The number of carbonyl (C=O) groups excluding carboxylic acids is 1. The number of ether oxygens (including phenoxy) is 1. The number of aromatic carboxylic acids is 1. The fraction of sp³-hybridized carbons (Fsp3) is 0.150. The highest BCUT2D eigenvalue weighted by Crippen LogP contribution is 2.38. The zero-order valence-corrected chi connectivity index (χ0v) is 18.6. The standard InChI is InChI=1S/C20H16BrClN2O4S/c1-3-24-18(25)16(9-12-7-13(21)10-15(22)17(12)28-2)29-20(24)23-14-6-4-5-11(8-14)19(26)27/h4-10H,3H2,1-2H3,(H,26,27)/b16-9-,23-20?. The van der Waals surface area contributed by atoms with E-state index in [1.165, 1.54) is 35.9 Å². The Labute approximate surface area is 185 Å². The molecule has 0 bridgehead atoms. The lowest BCUT2D eigenvalue weighted by Crippen LogP contribution is -2.28. The van der Waals surface area contributed by atoms with Gasteiger partial charge in [0.1, 0.15) is 5.75 Å². The van der Waals surface area contributed by atoms with Crippen LogP contribution >= 0.6 is 39.3 Å². The van der Waals surface area contributed by atoms with Gasteiger partial charge in [0.05, 0.1) is 28.3 Å². The summed E-state index contributed by atoms with van der Waals surface area (Å²) < 4.78 is 6.13. The summed E-state index contributed by atoms with van der Waals surface area (Å²) in [5, 5.41) is 10.1. The maximum absolute atomic E-state index is 12.9. The molecule has 1 heterocycles. The molecule has 1 amide bonds. The van der Waals surface area contributed by atoms with Crippen LogP contribution < -0.4 is 4.74 Å². The van der Waals surface area contributed by atoms with Gasteiger partial charge in [0.25, 0.3) is 5.91 Å². The molecular formula is C20H16BrClN2O4S. The van der Waals surface area contributed by atoms with Gasteiger partial charge in [0.15, 0.2) is 5.17 Å². The van der Waals surface area contributed by atoms with Crippen molar-refractivity contribution in [2.45, 2.75) is 6.92 Å². The first-order valence-corrected chi connectivity index (χ1v) is 10.5. The molecule has 0 saturated carbocycles. The van der Waals surface area contributed by atoms with Crippen LogP contribution in [-0.2, 0) is 4.79 Å². The SMILES string of the molecule is CCN1C(=O)/C(=C/c2cc(Br)cc(Cl)c2OC)SC1=Nc1cccc(C(=O)O)c1. The minimum absolute atomic E-state index is 0.133. The molecule has 1 aliphatic heterocycles. The van der Waals surface area contributed by atoms with Crippen LogP contribution in [0.15, 0.2) is 50.8 Å². The van der Waals surface area contributed by atoms with E-state index >= 15 is 0 Å². The summed E-state index contributed by atoms with van der Waals surface area (Å²) in [5.41, 5.74) is 1.25. The Morgan fingerprint density at radius 2 is 2.14 bits per heavy atom. The highest BCUT2D eigenvalue weighted by molar-refractivity contribution is 9.10. The summed E-state index contributed by atoms with van der Waals surface area (Å²) in [6.45, 7) is 2.28. The molecule has 3 rings (SSSR count). The predicted octanol–water partition coefficient (Wildman–Crippen LogP) is 5.43. The molecule has 0 radical (unpaired) electrons. The summed E-state index contributed by atoms with van der Waals surface area (Å²) >= 11 is 10.8. The van der Waals surface area contributed by atoms with Crippen molar-refractivity contribution in [1.29, 1.82) is 0 Å². The monoisotopic (exact) mass is 494 g/mol. The Bertz CT molecular complexity index is 1050. The number of benzene rings is 2. The van der Waals surface area contributed by atoms with Gasteiger partial charge < -0.3 is 9.84 Å². The minimum Gasteiger partial charge on any atom is -0.495 e. The highest BCUT2D eigenvalue weighted by atomic mass is 79.9. The van der Waals surface area contributed by atoms with Crippen molar-refractivity contribution in [3.63, 3.8) is 0 Å². The number of rotatable bonds is 5. The zero-order valence-electron chi connectivity index (χ0n) is 15.5. The lowest BCUT2D eigenvalue weighted by Gasteiger charge is -2.12. The molecule has 29 heavy (non-hydrogen) atoms. The molecule has 150 valence electrons. The Balaban J connectivity index is 2.01. The van der Waals surface area contributed by atoms with Crippen LogP contribution in [0.25, 0.3) is 6.08 Å². The van der Waals surface area contributed by atoms with Gasteiger partial charge in [-0.3, -0.25) is 9.69 Å². The normalized spacial score (nSPS) is 16.7. The molecule has 0 spiro atoms. The lowest BCUT2D eigenvalue weighted by atomic mass is 10.2. The van der Waals surface area contributed by atoms with Gasteiger partial charge in [-0.1, -0.05) is 33.6 Å². The molecule has 9 heteroatoms. The molecule has 1 aliphatic rings. The zero-order chi connectivity index (χ0) is 21.1. The van der Waals surface area contributed by atoms with Gasteiger partial charge in [0.2, 0.25) is 0 Å². The van der Waals surface area contributed by atoms with Crippen molar-refractivity contribution in [2.75, 3.05) is 13.7 Å². The number of carboxylic acids is 1. The molecule has 0 unspecified atom stereocenters. The smallest absolute Gasteiger partial charge is 0.335 e. The summed E-state index contributed by atoms with van der Waals surface area (Å²) in [4.78, 5) is 30.5. The minimum atomic E-state index is -1.03. The van der Waals surface area contributed by atoms with E-state index in [4.69, 9.17) is 21.4 Å². The number of thioether (sulfide) groups is 1. The van der Waals surface area contributed by atoms with Gasteiger partial charge in [-0.05, 0) is 55.1 Å². The highest BCUT2D eigenvalue weighted by Gasteiger charge is 2.32. The first-order valence-electron chi connectivity index (χ1n) is 8.50. The van der Waals surface area contributed by atoms with E-state index in [0.717, 1.165) is 4.47 Å². The van der Waals surface area contributed by atoms with Crippen molar-refractivity contribution in [2.24, 2.45) is 4.99 Å². The molecular weight excluding hydrogens is 480 g/mol. The molecule has 0 aromatic heterocycles. The Hall–Kier alpha value is -2.29. The van der Waals surface area contributed by atoms with Gasteiger partial charge in [0, 0.05) is 16.6 Å². The maximum Gasteiger partial charge on any atom is 0.335 e. The van der Waals surface area contributed by atoms with Crippen LogP contribution in [0.1, 0.15) is 22.8 Å². The summed E-state index contributed by atoms with van der Waals surface area (Å²) in [7, 11) is 1.52. The summed E-state index contributed by atoms with van der Waals surface area (Å²) in [6, 6.07) is 9.79. The summed E-state index contributed by atoms with van der Waals surface area (Å²) in [6.07, 6.45) is 1.71. The number of amides is 1. The van der Waals surface area contributed by atoms with Gasteiger partial charge in [-0.15, -0.1) is 0 Å². The molecule has 1 fully saturated rings. The second-order valence-electron chi connectivity index (χ2n) is 5.92. The molecule has 2 aromatic rings. The van der Waals surface area contributed by atoms with E-state index in [9.17, 15) is 9.59 Å². The lowest BCUT2D eigenvalue weighted by molar-refractivity contribution is -0.122. The molecule has 6 nitrogen and oxygen atoms in total. The van der Waals surface area contributed by atoms with E-state index in [0.29, 0.717) is 38.6 Å². The van der Waals surface area contributed by atoms with E-state index in [1.807, 2.05) is 13.0 Å². The number of halogens is 2. The quantitative estimate of drug-likeness (QED) is 0.559. The number of carboxylic acid groups (broad SMARTS) is 1. The van der Waals surface area contributed by atoms with E-state index in [-0.39, 0.29) is 11.5 Å².